The van der Waals surface area contributed by atoms with Gasteiger partial charge in [0.1, 0.15) is 0 Å². The number of hydrazine groups is 1. The molecule has 0 aromatic heterocycles. The van der Waals surface area contributed by atoms with Crippen LogP contribution in [0.25, 0.3) is 0 Å². The molecule has 15 heavy (non-hydrogen) atoms. The largest absolute Gasteiger partial charge is 0.359 e. The molecule has 0 bridgehead atoms. The summed E-state index contributed by atoms with van der Waals surface area (Å²) >= 11 is 0. The first kappa shape index (κ1) is 11.9. The molecular weight excluding hydrogens is 196 g/mol. The maximum absolute atomic E-state index is 11.3. The van der Waals surface area contributed by atoms with Gasteiger partial charge in [0.05, 0.1) is 6.54 Å². The first-order chi connectivity index (χ1) is 7.17. The molecule has 1 fully saturated rings. The quantitative estimate of drug-likeness (QED) is 0.301. The van der Waals surface area contributed by atoms with E-state index >= 15 is 0 Å². The molecule has 0 radical (unpaired) electrons. The summed E-state index contributed by atoms with van der Waals surface area (Å²) in [6.45, 7) is 1.86. The number of piperidine rings is 1. The topological polar surface area (TPSA) is 87.5 Å². The van der Waals surface area contributed by atoms with Crippen molar-refractivity contribution in [1.82, 2.24) is 15.6 Å². The highest BCUT2D eigenvalue weighted by atomic mass is 16.2. The third-order valence-corrected chi connectivity index (χ3v) is 2.73. The second kappa shape index (κ2) is 5.67. The number of rotatable bonds is 3. The fraction of sp³-hybridized carbons (Fsp3) is 0.778. The number of carbonyl (C=O) groups excluding carboxylic acids is 2. The number of nitrogens with two attached hydrogens (primary N) is 1. The minimum atomic E-state index is -0.187. The first-order valence-electron chi connectivity index (χ1n) is 5.10. The zero-order chi connectivity index (χ0) is 11.3. The fourth-order valence-corrected chi connectivity index (χ4v) is 1.81. The Bertz CT molecular complexity index is 236. The highest BCUT2D eigenvalue weighted by Crippen LogP contribution is 2.16. The van der Waals surface area contributed by atoms with Crippen LogP contribution in [0.5, 0.6) is 0 Å². The van der Waals surface area contributed by atoms with E-state index in [1.54, 1.807) is 7.05 Å². The molecule has 0 aliphatic carbocycles. The molecule has 0 saturated carbocycles. The molecule has 4 N–H and O–H groups in total. The van der Waals surface area contributed by atoms with Crippen LogP contribution < -0.4 is 16.6 Å². The van der Waals surface area contributed by atoms with Gasteiger partial charge in [-0.2, -0.15) is 0 Å². The van der Waals surface area contributed by atoms with Crippen molar-refractivity contribution in [2.75, 3.05) is 26.7 Å². The first-order valence-corrected chi connectivity index (χ1v) is 5.10. The zero-order valence-electron chi connectivity index (χ0n) is 8.95. The van der Waals surface area contributed by atoms with E-state index in [2.05, 4.69) is 10.7 Å². The lowest BCUT2D eigenvalue weighted by Crippen LogP contribution is -2.45. The van der Waals surface area contributed by atoms with E-state index in [4.69, 9.17) is 5.84 Å². The number of nitrogens with one attached hydrogen (secondary N) is 2. The minimum absolute atomic E-state index is 0.0900. The number of hydrogen-bond acceptors (Lipinski definition) is 4. The van der Waals surface area contributed by atoms with Gasteiger partial charge in [-0.3, -0.25) is 19.9 Å². The molecule has 0 spiro atoms. The van der Waals surface area contributed by atoms with E-state index in [9.17, 15) is 9.59 Å². The van der Waals surface area contributed by atoms with Crippen LogP contribution in [0.2, 0.25) is 0 Å². The van der Waals surface area contributed by atoms with Crippen molar-refractivity contribution in [2.45, 2.75) is 12.8 Å². The molecule has 6 nitrogen and oxygen atoms in total. The third-order valence-electron chi connectivity index (χ3n) is 2.73. The van der Waals surface area contributed by atoms with Crippen molar-refractivity contribution in [3.63, 3.8) is 0 Å². The zero-order valence-corrected chi connectivity index (χ0v) is 8.95. The van der Waals surface area contributed by atoms with E-state index in [1.165, 1.54) is 0 Å². The summed E-state index contributed by atoms with van der Waals surface area (Å²) in [5.41, 5.74) is 2.10. The molecule has 1 heterocycles. The predicted molar refractivity (Wildman–Crippen MR) is 55.6 cm³/mol. The summed E-state index contributed by atoms with van der Waals surface area (Å²) in [5.74, 6) is 4.99. The van der Waals surface area contributed by atoms with E-state index in [0.29, 0.717) is 6.54 Å². The molecule has 1 aliphatic rings. The molecule has 1 rings (SSSR count). The van der Waals surface area contributed by atoms with Gasteiger partial charge in [-0.1, -0.05) is 0 Å². The van der Waals surface area contributed by atoms with Gasteiger partial charge in [0, 0.05) is 13.0 Å². The van der Waals surface area contributed by atoms with Gasteiger partial charge in [0.25, 0.3) is 0 Å². The van der Waals surface area contributed by atoms with E-state index in [0.717, 1.165) is 25.9 Å². The van der Waals surface area contributed by atoms with Crippen molar-refractivity contribution < 1.29 is 9.59 Å². The Morgan fingerprint density at radius 3 is 2.47 bits per heavy atom. The fourth-order valence-electron chi connectivity index (χ4n) is 1.81. The number of likely N-dealkylation sites (tertiary alicyclic amines) is 1. The Kier molecular flexibility index (Phi) is 4.51. The van der Waals surface area contributed by atoms with Gasteiger partial charge in [-0.15, -0.1) is 0 Å². The smallest absolute Gasteiger partial charge is 0.248 e. The molecule has 1 saturated heterocycles. The summed E-state index contributed by atoms with van der Waals surface area (Å²) < 4.78 is 0. The lowest BCUT2D eigenvalue weighted by molar-refractivity contribution is -0.126. The SMILES string of the molecule is CNC(=O)C1CCN(CC(=O)NN)CC1. The average molecular weight is 214 g/mol. The number of nitrogens with zero attached hydrogens (tertiary/aromatic N) is 1. The van der Waals surface area contributed by atoms with Gasteiger partial charge in [-0.25, -0.2) is 5.84 Å². The molecule has 6 heteroatoms. The molecule has 2 amide bonds. The summed E-state index contributed by atoms with van der Waals surface area (Å²) in [5, 5.41) is 2.64. The standard InChI is InChI=1S/C9H18N4O2/c1-11-9(15)7-2-4-13(5-3-7)6-8(14)12-10/h7H,2-6,10H2,1H3,(H,11,15)(H,12,14). The normalized spacial score (nSPS) is 18.5. The van der Waals surface area contributed by atoms with Gasteiger partial charge < -0.3 is 5.32 Å². The van der Waals surface area contributed by atoms with Gasteiger partial charge in [0.2, 0.25) is 11.8 Å². The van der Waals surface area contributed by atoms with Crippen molar-refractivity contribution in [1.29, 1.82) is 0 Å². The monoisotopic (exact) mass is 214 g/mol. The summed E-state index contributed by atoms with van der Waals surface area (Å²) in [6.07, 6.45) is 1.61. The lowest BCUT2D eigenvalue weighted by Gasteiger charge is -2.30. The highest BCUT2D eigenvalue weighted by molar-refractivity contribution is 5.79. The molecule has 0 unspecified atom stereocenters. The number of amides is 2. The van der Waals surface area contributed by atoms with Crippen molar-refractivity contribution in [3.05, 3.63) is 0 Å². The Labute approximate surface area is 89.1 Å². The second-order valence-corrected chi connectivity index (χ2v) is 3.73. The van der Waals surface area contributed by atoms with E-state index < -0.39 is 0 Å². The van der Waals surface area contributed by atoms with E-state index in [-0.39, 0.29) is 17.7 Å². The summed E-state index contributed by atoms with van der Waals surface area (Å²) in [7, 11) is 1.65. The van der Waals surface area contributed by atoms with Crippen molar-refractivity contribution in [3.8, 4) is 0 Å². The summed E-state index contributed by atoms with van der Waals surface area (Å²) in [4.78, 5) is 24.3. The lowest BCUT2D eigenvalue weighted by atomic mass is 9.96. The Hall–Kier alpha value is -1.14. The average Bonchev–Trinajstić information content (AvgIpc) is 2.29. The van der Waals surface area contributed by atoms with Crippen LogP contribution in [0.4, 0.5) is 0 Å². The minimum Gasteiger partial charge on any atom is -0.359 e. The second-order valence-electron chi connectivity index (χ2n) is 3.73. The Morgan fingerprint density at radius 1 is 1.40 bits per heavy atom. The highest BCUT2D eigenvalue weighted by Gasteiger charge is 2.24. The molecular formula is C9H18N4O2. The van der Waals surface area contributed by atoms with Crippen LogP contribution in [0.3, 0.4) is 0 Å². The Balaban J connectivity index is 2.29. The number of carbonyl (C=O) groups is 2. The van der Waals surface area contributed by atoms with Crippen molar-refractivity contribution in [2.24, 2.45) is 11.8 Å². The van der Waals surface area contributed by atoms with Crippen LogP contribution in [0.1, 0.15) is 12.8 Å². The van der Waals surface area contributed by atoms with Gasteiger partial charge in [-0.05, 0) is 25.9 Å². The molecule has 0 aromatic rings. The molecule has 0 atom stereocenters. The van der Waals surface area contributed by atoms with E-state index in [1.807, 2.05) is 4.90 Å². The summed E-state index contributed by atoms with van der Waals surface area (Å²) in [6, 6.07) is 0. The van der Waals surface area contributed by atoms with Crippen LogP contribution in [-0.4, -0.2) is 43.4 Å². The molecule has 0 aromatic carbocycles. The van der Waals surface area contributed by atoms with Crippen LogP contribution in [-0.2, 0) is 9.59 Å². The predicted octanol–water partition coefficient (Wildman–Crippen LogP) is -1.57. The third kappa shape index (κ3) is 3.49. The Morgan fingerprint density at radius 2 is 2.00 bits per heavy atom. The maximum Gasteiger partial charge on any atom is 0.248 e. The molecule has 1 aliphatic heterocycles. The maximum atomic E-state index is 11.3. The molecule has 86 valence electrons. The van der Waals surface area contributed by atoms with Crippen LogP contribution >= 0.6 is 0 Å². The van der Waals surface area contributed by atoms with Crippen molar-refractivity contribution >= 4 is 11.8 Å². The number of hydrogen-bond donors (Lipinski definition) is 3. The van der Waals surface area contributed by atoms with Crippen LogP contribution in [0.15, 0.2) is 0 Å². The van der Waals surface area contributed by atoms with Crippen LogP contribution in [0, 0.1) is 5.92 Å². The van der Waals surface area contributed by atoms with Gasteiger partial charge in [0.15, 0.2) is 0 Å². The van der Waals surface area contributed by atoms with Gasteiger partial charge >= 0.3 is 0 Å².